The predicted octanol–water partition coefficient (Wildman–Crippen LogP) is 6.31. The van der Waals surface area contributed by atoms with Gasteiger partial charge in [0.25, 0.3) is 5.91 Å². The molecule has 3 aromatic carbocycles. The van der Waals surface area contributed by atoms with Gasteiger partial charge in [-0.25, -0.2) is 4.98 Å². The molecule has 0 aliphatic heterocycles. The zero-order valence-corrected chi connectivity index (χ0v) is 17.3. The number of thiazole rings is 1. The minimum absolute atomic E-state index is 0.143. The number of aryl methyl sites for hydroxylation is 1. The maximum Gasteiger partial charge on any atom is 0.255 e. The van der Waals surface area contributed by atoms with Crippen molar-refractivity contribution >= 4 is 33.1 Å². The van der Waals surface area contributed by atoms with Gasteiger partial charge in [0, 0.05) is 16.8 Å². The number of ether oxygens (including phenoxy) is 1. The average Bonchev–Trinajstić information content (AvgIpc) is 3.16. The van der Waals surface area contributed by atoms with Crippen molar-refractivity contribution in [3.63, 3.8) is 0 Å². The molecule has 0 aliphatic carbocycles. The van der Waals surface area contributed by atoms with Gasteiger partial charge in [0.1, 0.15) is 10.8 Å². The van der Waals surface area contributed by atoms with E-state index in [9.17, 15) is 4.79 Å². The summed E-state index contributed by atoms with van der Waals surface area (Å²) in [6.45, 7) is 4.82. The first-order valence-corrected chi connectivity index (χ1v) is 10.5. The summed E-state index contributed by atoms with van der Waals surface area (Å²) in [4.78, 5) is 17.2. The maximum absolute atomic E-state index is 12.5. The molecule has 0 spiro atoms. The fourth-order valence-corrected chi connectivity index (χ4v) is 4.05. The first-order valence-electron chi connectivity index (χ1n) is 9.64. The fourth-order valence-electron chi connectivity index (χ4n) is 2.98. The molecule has 0 bridgehead atoms. The van der Waals surface area contributed by atoms with Gasteiger partial charge in [-0.1, -0.05) is 13.0 Å². The van der Waals surface area contributed by atoms with E-state index in [1.54, 1.807) is 23.5 Å². The van der Waals surface area contributed by atoms with Gasteiger partial charge >= 0.3 is 0 Å². The van der Waals surface area contributed by atoms with Crippen LogP contribution in [0.4, 0.5) is 5.69 Å². The summed E-state index contributed by atoms with van der Waals surface area (Å²) >= 11 is 1.68. The molecule has 0 aliphatic rings. The van der Waals surface area contributed by atoms with Crippen LogP contribution in [0.5, 0.6) is 5.75 Å². The quantitative estimate of drug-likeness (QED) is 0.411. The molecule has 1 heterocycles. The molecule has 1 amide bonds. The topological polar surface area (TPSA) is 51.2 Å². The molecule has 0 saturated heterocycles. The Morgan fingerprint density at radius 1 is 1.03 bits per heavy atom. The molecule has 0 radical (unpaired) electrons. The monoisotopic (exact) mass is 402 g/mol. The van der Waals surface area contributed by atoms with Crippen molar-refractivity contribution < 1.29 is 9.53 Å². The molecule has 29 heavy (non-hydrogen) atoms. The summed E-state index contributed by atoms with van der Waals surface area (Å²) in [6.07, 6.45) is 0.953. The van der Waals surface area contributed by atoms with Crippen LogP contribution in [0.25, 0.3) is 20.8 Å². The number of aromatic nitrogens is 1. The van der Waals surface area contributed by atoms with E-state index in [1.165, 1.54) is 10.3 Å². The largest absolute Gasteiger partial charge is 0.494 e. The Morgan fingerprint density at radius 2 is 1.79 bits per heavy atom. The summed E-state index contributed by atoms with van der Waals surface area (Å²) in [5.74, 6) is 0.633. The third kappa shape index (κ3) is 4.46. The second-order valence-electron chi connectivity index (χ2n) is 6.89. The number of carbonyl (C=O) groups excluding carboxylic acids is 1. The molecule has 0 fully saturated rings. The van der Waals surface area contributed by atoms with Crippen LogP contribution >= 0.6 is 11.3 Å². The van der Waals surface area contributed by atoms with Crippen LogP contribution in [-0.4, -0.2) is 17.5 Å². The Bertz CT molecular complexity index is 1130. The Kier molecular flexibility index (Phi) is 5.58. The smallest absolute Gasteiger partial charge is 0.255 e. The number of carbonyl (C=O) groups is 1. The Balaban J connectivity index is 1.45. The van der Waals surface area contributed by atoms with Gasteiger partial charge in [0.15, 0.2) is 0 Å². The standard InChI is InChI=1S/C24H22N2O2S/c1-3-14-28-20-11-7-17(8-12-20)23(27)25-19-9-5-18(6-10-19)24-26-21-13-4-16(2)15-22(21)29-24/h4-13,15H,3,14H2,1-2H3,(H,25,27). The number of rotatable bonds is 6. The molecular formula is C24H22N2O2S. The van der Waals surface area contributed by atoms with Crippen LogP contribution in [0.2, 0.25) is 0 Å². The van der Waals surface area contributed by atoms with Gasteiger partial charge in [-0.3, -0.25) is 4.79 Å². The molecule has 4 nitrogen and oxygen atoms in total. The highest BCUT2D eigenvalue weighted by Gasteiger charge is 2.09. The van der Waals surface area contributed by atoms with Gasteiger partial charge in [-0.15, -0.1) is 11.3 Å². The van der Waals surface area contributed by atoms with Crippen molar-refractivity contribution in [2.45, 2.75) is 20.3 Å². The van der Waals surface area contributed by atoms with E-state index in [0.717, 1.165) is 33.9 Å². The highest BCUT2D eigenvalue weighted by atomic mass is 32.1. The molecule has 0 unspecified atom stereocenters. The summed E-state index contributed by atoms with van der Waals surface area (Å²) in [5.41, 5.74) is 4.64. The second-order valence-corrected chi connectivity index (χ2v) is 7.93. The van der Waals surface area contributed by atoms with Crippen LogP contribution in [0.1, 0.15) is 29.3 Å². The lowest BCUT2D eigenvalue weighted by atomic mass is 10.2. The highest BCUT2D eigenvalue weighted by Crippen LogP contribution is 2.31. The number of fused-ring (bicyclic) bond motifs is 1. The molecule has 4 rings (SSSR count). The van der Waals surface area contributed by atoms with Gasteiger partial charge in [0.05, 0.1) is 16.8 Å². The molecule has 0 atom stereocenters. The Morgan fingerprint density at radius 3 is 2.52 bits per heavy atom. The molecule has 0 saturated carbocycles. The van der Waals surface area contributed by atoms with E-state index >= 15 is 0 Å². The van der Waals surface area contributed by atoms with Crippen LogP contribution in [0.3, 0.4) is 0 Å². The van der Waals surface area contributed by atoms with Crippen LogP contribution in [0, 0.1) is 6.92 Å². The number of nitrogens with zero attached hydrogens (tertiary/aromatic N) is 1. The van der Waals surface area contributed by atoms with E-state index in [0.29, 0.717) is 12.2 Å². The second kappa shape index (κ2) is 8.45. The number of benzene rings is 3. The molecule has 1 N–H and O–H groups in total. The third-order valence-corrected chi connectivity index (χ3v) is 5.59. The van der Waals surface area contributed by atoms with E-state index in [4.69, 9.17) is 9.72 Å². The maximum atomic E-state index is 12.5. The SMILES string of the molecule is CCCOc1ccc(C(=O)Nc2ccc(-c3nc4ccc(C)cc4s3)cc2)cc1. The van der Waals surface area contributed by atoms with E-state index < -0.39 is 0 Å². The zero-order chi connectivity index (χ0) is 20.2. The average molecular weight is 403 g/mol. The minimum Gasteiger partial charge on any atom is -0.494 e. The summed E-state index contributed by atoms with van der Waals surface area (Å²) in [5, 5.41) is 3.91. The van der Waals surface area contributed by atoms with Crippen LogP contribution in [-0.2, 0) is 0 Å². The summed E-state index contributed by atoms with van der Waals surface area (Å²) in [7, 11) is 0. The highest BCUT2D eigenvalue weighted by molar-refractivity contribution is 7.21. The molecule has 4 aromatic rings. The lowest BCUT2D eigenvalue weighted by Gasteiger charge is -2.08. The fraction of sp³-hybridized carbons (Fsp3) is 0.167. The molecule has 146 valence electrons. The van der Waals surface area contributed by atoms with Crippen LogP contribution < -0.4 is 10.1 Å². The summed E-state index contributed by atoms with van der Waals surface area (Å²) in [6, 6.07) is 21.3. The van der Waals surface area contributed by atoms with Gasteiger partial charge < -0.3 is 10.1 Å². The van der Waals surface area contributed by atoms with Gasteiger partial charge in [-0.05, 0) is 79.6 Å². The minimum atomic E-state index is -0.143. The zero-order valence-electron chi connectivity index (χ0n) is 16.4. The van der Waals surface area contributed by atoms with Crippen molar-refractivity contribution in [3.8, 4) is 16.3 Å². The number of amides is 1. The van der Waals surface area contributed by atoms with Gasteiger partial charge in [0.2, 0.25) is 0 Å². The molecule has 5 heteroatoms. The lowest BCUT2D eigenvalue weighted by Crippen LogP contribution is -2.11. The Labute approximate surface area is 174 Å². The Hall–Kier alpha value is -3.18. The van der Waals surface area contributed by atoms with Crippen molar-refractivity contribution in [1.29, 1.82) is 0 Å². The number of hydrogen-bond acceptors (Lipinski definition) is 4. The van der Waals surface area contributed by atoms with Crippen molar-refractivity contribution in [3.05, 3.63) is 77.9 Å². The van der Waals surface area contributed by atoms with Crippen LogP contribution in [0.15, 0.2) is 66.7 Å². The first-order chi connectivity index (χ1) is 14.1. The van der Waals surface area contributed by atoms with Crippen molar-refractivity contribution in [2.24, 2.45) is 0 Å². The summed E-state index contributed by atoms with van der Waals surface area (Å²) < 4.78 is 6.74. The van der Waals surface area contributed by atoms with E-state index in [2.05, 4.69) is 37.4 Å². The normalized spacial score (nSPS) is 10.8. The van der Waals surface area contributed by atoms with E-state index in [-0.39, 0.29) is 5.91 Å². The lowest BCUT2D eigenvalue weighted by molar-refractivity contribution is 0.102. The molecular weight excluding hydrogens is 380 g/mol. The molecule has 1 aromatic heterocycles. The van der Waals surface area contributed by atoms with Crippen molar-refractivity contribution in [1.82, 2.24) is 4.98 Å². The van der Waals surface area contributed by atoms with Crippen molar-refractivity contribution in [2.75, 3.05) is 11.9 Å². The number of anilines is 1. The number of nitrogens with one attached hydrogen (secondary N) is 1. The number of hydrogen-bond donors (Lipinski definition) is 1. The third-order valence-electron chi connectivity index (χ3n) is 4.52. The first kappa shape index (κ1) is 19.2. The van der Waals surface area contributed by atoms with Gasteiger partial charge in [-0.2, -0.15) is 0 Å². The van der Waals surface area contributed by atoms with E-state index in [1.807, 2.05) is 36.4 Å². The predicted molar refractivity (Wildman–Crippen MR) is 120 cm³/mol.